The normalized spacial score (nSPS) is 10.6. The van der Waals surface area contributed by atoms with Crippen LogP contribution in [0.15, 0.2) is 17.0 Å². The van der Waals surface area contributed by atoms with Crippen molar-refractivity contribution >= 4 is 11.8 Å². The second kappa shape index (κ2) is 5.25. The molecule has 78 valence electrons. The number of nitrogens with zero attached hydrogens (tertiary/aromatic N) is 1. The van der Waals surface area contributed by atoms with E-state index in [-0.39, 0.29) is 0 Å². The van der Waals surface area contributed by atoms with Gasteiger partial charge in [-0.05, 0) is 25.2 Å². The summed E-state index contributed by atoms with van der Waals surface area (Å²) in [7, 11) is 0. The van der Waals surface area contributed by atoms with E-state index in [1.807, 2.05) is 13.0 Å². The molecule has 0 amide bonds. The van der Waals surface area contributed by atoms with Gasteiger partial charge in [-0.1, -0.05) is 13.8 Å². The molecule has 1 aromatic heterocycles. The molecule has 0 saturated carbocycles. The molecule has 0 saturated heterocycles. The molecule has 0 spiro atoms. The Morgan fingerprint density at radius 3 is 2.64 bits per heavy atom. The Morgan fingerprint density at radius 2 is 2.14 bits per heavy atom. The maximum atomic E-state index is 5.53. The fourth-order valence-electron chi connectivity index (χ4n) is 1.07. The summed E-state index contributed by atoms with van der Waals surface area (Å²) in [6.45, 7) is 6.99. The third kappa shape index (κ3) is 3.22. The van der Waals surface area contributed by atoms with Crippen molar-refractivity contribution in [3.63, 3.8) is 0 Å². The van der Waals surface area contributed by atoms with Gasteiger partial charge in [0, 0.05) is 11.0 Å². The van der Waals surface area contributed by atoms with Crippen molar-refractivity contribution in [1.29, 1.82) is 0 Å². The molecule has 0 atom stereocenters. The first kappa shape index (κ1) is 11.4. The molecule has 0 aliphatic carbocycles. The molecule has 1 rings (SSSR count). The van der Waals surface area contributed by atoms with Crippen LogP contribution in [0.1, 0.15) is 19.5 Å². The average molecular weight is 211 g/mol. The van der Waals surface area contributed by atoms with Crippen molar-refractivity contribution in [3.8, 4) is 5.88 Å². The lowest BCUT2D eigenvalue weighted by molar-refractivity contribution is 0.260. The Hall–Kier alpha value is -0.700. The lowest BCUT2D eigenvalue weighted by atomic mass is 10.2. The lowest BCUT2D eigenvalue weighted by Gasteiger charge is -2.09. The minimum Gasteiger partial charge on any atom is -0.477 e. The van der Waals surface area contributed by atoms with Crippen molar-refractivity contribution in [2.24, 2.45) is 5.92 Å². The highest BCUT2D eigenvalue weighted by atomic mass is 32.2. The van der Waals surface area contributed by atoms with Crippen molar-refractivity contribution in [1.82, 2.24) is 4.98 Å². The number of pyridine rings is 1. The van der Waals surface area contributed by atoms with Gasteiger partial charge >= 0.3 is 0 Å². The van der Waals surface area contributed by atoms with Crippen LogP contribution in [0.2, 0.25) is 0 Å². The summed E-state index contributed by atoms with van der Waals surface area (Å²) in [4.78, 5) is 5.58. The van der Waals surface area contributed by atoms with E-state index in [9.17, 15) is 0 Å². The molecular formula is C11H17NOS. The van der Waals surface area contributed by atoms with Gasteiger partial charge in [0.25, 0.3) is 0 Å². The fourth-order valence-corrected chi connectivity index (χ4v) is 1.62. The van der Waals surface area contributed by atoms with E-state index in [1.165, 1.54) is 4.90 Å². The van der Waals surface area contributed by atoms with E-state index in [0.29, 0.717) is 5.92 Å². The second-order valence-corrected chi connectivity index (χ2v) is 4.49. The molecule has 2 nitrogen and oxygen atoms in total. The summed E-state index contributed by atoms with van der Waals surface area (Å²) in [6.07, 6.45) is 2.05. The maximum absolute atomic E-state index is 5.53. The number of hydrogen-bond donors (Lipinski definition) is 0. The number of thioether (sulfide) groups is 1. The molecule has 3 heteroatoms. The number of rotatable bonds is 4. The molecule has 0 unspecified atom stereocenters. The number of ether oxygens (including phenoxy) is 1. The van der Waals surface area contributed by atoms with Gasteiger partial charge in [-0.15, -0.1) is 11.8 Å². The summed E-state index contributed by atoms with van der Waals surface area (Å²) in [5, 5.41) is 0. The summed E-state index contributed by atoms with van der Waals surface area (Å²) in [6, 6.07) is 3.99. The Bertz CT molecular complexity index is 299. The highest BCUT2D eigenvalue weighted by Gasteiger charge is 2.02. The van der Waals surface area contributed by atoms with Gasteiger partial charge in [0.2, 0.25) is 5.88 Å². The van der Waals surface area contributed by atoms with E-state index in [2.05, 4.69) is 31.2 Å². The highest BCUT2D eigenvalue weighted by Crippen LogP contribution is 2.20. The summed E-state index contributed by atoms with van der Waals surface area (Å²) in [5.41, 5.74) is 1.04. The van der Waals surface area contributed by atoms with Gasteiger partial charge in [0.1, 0.15) is 0 Å². The van der Waals surface area contributed by atoms with Crippen LogP contribution in [-0.2, 0) is 0 Å². The van der Waals surface area contributed by atoms with Crippen molar-refractivity contribution < 1.29 is 4.74 Å². The van der Waals surface area contributed by atoms with Crippen LogP contribution >= 0.6 is 11.8 Å². The Morgan fingerprint density at radius 1 is 1.43 bits per heavy atom. The zero-order valence-electron chi connectivity index (χ0n) is 9.20. The Balaban J connectivity index is 2.66. The van der Waals surface area contributed by atoms with Crippen LogP contribution in [0.5, 0.6) is 5.88 Å². The molecule has 0 fully saturated rings. The SMILES string of the molecule is CSc1ccc(OCC(C)C)nc1C. The molecule has 0 radical (unpaired) electrons. The Kier molecular flexibility index (Phi) is 4.26. The van der Waals surface area contributed by atoms with Crippen LogP contribution in [0.3, 0.4) is 0 Å². The van der Waals surface area contributed by atoms with Crippen LogP contribution in [0, 0.1) is 12.8 Å². The van der Waals surface area contributed by atoms with Gasteiger partial charge in [-0.2, -0.15) is 0 Å². The van der Waals surface area contributed by atoms with Crippen molar-refractivity contribution in [2.75, 3.05) is 12.9 Å². The first-order chi connectivity index (χ1) is 6.63. The molecule has 14 heavy (non-hydrogen) atoms. The second-order valence-electron chi connectivity index (χ2n) is 3.64. The zero-order chi connectivity index (χ0) is 10.6. The highest BCUT2D eigenvalue weighted by molar-refractivity contribution is 7.98. The fraction of sp³-hybridized carbons (Fsp3) is 0.545. The maximum Gasteiger partial charge on any atom is 0.213 e. The van der Waals surface area contributed by atoms with Crippen LogP contribution in [0.4, 0.5) is 0 Å². The molecule has 0 aliphatic heterocycles. The molecular weight excluding hydrogens is 194 g/mol. The van der Waals surface area contributed by atoms with Crippen LogP contribution in [-0.4, -0.2) is 17.8 Å². The van der Waals surface area contributed by atoms with Crippen molar-refractivity contribution in [3.05, 3.63) is 17.8 Å². The predicted molar refractivity (Wildman–Crippen MR) is 61.1 cm³/mol. The molecule has 0 aromatic carbocycles. The molecule has 0 N–H and O–H groups in total. The van der Waals surface area contributed by atoms with E-state index in [1.54, 1.807) is 11.8 Å². The average Bonchev–Trinajstić information content (AvgIpc) is 2.15. The third-order valence-electron chi connectivity index (χ3n) is 1.80. The first-order valence-electron chi connectivity index (χ1n) is 4.78. The largest absolute Gasteiger partial charge is 0.477 e. The molecule has 1 aromatic rings. The zero-order valence-corrected chi connectivity index (χ0v) is 10.0. The summed E-state index contributed by atoms with van der Waals surface area (Å²) in [5.74, 6) is 1.27. The van der Waals surface area contributed by atoms with Crippen LogP contribution < -0.4 is 4.74 Å². The van der Waals surface area contributed by atoms with Gasteiger partial charge in [0.05, 0.1) is 12.3 Å². The van der Waals surface area contributed by atoms with Gasteiger partial charge in [-0.25, -0.2) is 4.98 Å². The van der Waals surface area contributed by atoms with Gasteiger partial charge in [-0.3, -0.25) is 0 Å². The Labute approximate surface area is 90.1 Å². The monoisotopic (exact) mass is 211 g/mol. The summed E-state index contributed by atoms with van der Waals surface area (Å²) < 4.78 is 5.53. The topological polar surface area (TPSA) is 22.1 Å². The van der Waals surface area contributed by atoms with Crippen molar-refractivity contribution in [2.45, 2.75) is 25.7 Å². The van der Waals surface area contributed by atoms with E-state index < -0.39 is 0 Å². The minimum absolute atomic E-state index is 0.539. The number of aromatic nitrogens is 1. The minimum atomic E-state index is 0.539. The first-order valence-corrected chi connectivity index (χ1v) is 6.00. The van der Waals surface area contributed by atoms with Gasteiger partial charge in [0.15, 0.2) is 0 Å². The van der Waals surface area contributed by atoms with E-state index in [4.69, 9.17) is 4.74 Å². The van der Waals surface area contributed by atoms with E-state index >= 15 is 0 Å². The number of aryl methyl sites for hydroxylation is 1. The van der Waals surface area contributed by atoms with Crippen LogP contribution in [0.25, 0.3) is 0 Å². The number of hydrogen-bond acceptors (Lipinski definition) is 3. The smallest absolute Gasteiger partial charge is 0.213 e. The quantitative estimate of drug-likeness (QED) is 0.714. The molecule has 1 heterocycles. The van der Waals surface area contributed by atoms with Gasteiger partial charge < -0.3 is 4.74 Å². The van der Waals surface area contributed by atoms with E-state index in [0.717, 1.165) is 18.2 Å². The lowest BCUT2D eigenvalue weighted by Crippen LogP contribution is -2.06. The standard InChI is InChI=1S/C11H17NOS/c1-8(2)7-13-11-6-5-10(14-4)9(3)12-11/h5-6,8H,7H2,1-4H3. The molecule has 0 bridgehead atoms. The third-order valence-corrected chi connectivity index (χ3v) is 2.67. The summed E-state index contributed by atoms with van der Waals surface area (Å²) >= 11 is 1.71. The predicted octanol–water partition coefficient (Wildman–Crippen LogP) is 3.15. The molecule has 0 aliphatic rings.